The van der Waals surface area contributed by atoms with Crippen molar-refractivity contribution in [2.24, 2.45) is 0 Å². The standard InChI is InChI=1S/C12H18N2O5/c15-10(14-5-6-19-12(14)18)7-13(8-11(16)17)9-3-1-2-4-9/h9H,1-8H2,(H,16,17). The molecule has 1 N–H and O–H groups in total. The molecule has 0 spiro atoms. The number of imide groups is 1. The van der Waals surface area contributed by atoms with Crippen molar-refractivity contribution in [3.8, 4) is 0 Å². The maximum Gasteiger partial charge on any atom is 0.416 e. The molecule has 2 rings (SSSR count). The molecular weight excluding hydrogens is 252 g/mol. The average molecular weight is 270 g/mol. The Kier molecular flexibility index (Phi) is 4.36. The van der Waals surface area contributed by atoms with Gasteiger partial charge in [0.15, 0.2) is 0 Å². The van der Waals surface area contributed by atoms with E-state index in [1.54, 1.807) is 4.90 Å². The van der Waals surface area contributed by atoms with Gasteiger partial charge in [-0.05, 0) is 12.8 Å². The van der Waals surface area contributed by atoms with Crippen LogP contribution in [0.1, 0.15) is 25.7 Å². The fourth-order valence-electron chi connectivity index (χ4n) is 2.64. The van der Waals surface area contributed by atoms with Gasteiger partial charge in [-0.25, -0.2) is 9.69 Å². The summed E-state index contributed by atoms with van der Waals surface area (Å²) in [5.41, 5.74) is 0. The molecule has 1 aliphatic carbocycles. The Morgan fingerprint density at radius 2 is 2.00 bits per heavy atom. The minimum Gasteiger partial charge on any atom is -0.480 e. The van der Waals surface area contributed by atoms with Crippen LogP contribution in [0.2, 0.25) is 0 Å². The molecule has 0 radical (unpaired) electrons. The number of hydrogen-bond acceptors (Lipinski definition) is 5. The van der Waals surface area contributed by atoms with E-state index in [0.717, 1.165) is 30.6 Å². The summed E-state index contributed by atoms with van der Waals surface area (Å²) >= 11 is 0. The van der Waals surface area contributed by atoms with E-state index >= 15 is 0 Å². The average Bonchev–Trinajstić information content (AvgIpc) is 2.97. The van der Waals surface area contributed by atoms with Gasteiger partial charge in [-0.1, -0.05) is 12.8 Å². The number of aliphatic carboxylic acids is 1. The van der Waals surface area contributed by atoms with E-state index in [0.29, 0.717) is 0 Å². The molecule has 7 heteroatoms. The van der Waals surface area contributed by atoms with Crippen molar-refractivity contribution in [3.05, 3.63) is 0 Å². The monoisotopic (exact) mass is 270 g/mol. The molecule has 0 aromatic rings. The summed E-state index contributed by atoms with van der Waals surface area (Å²) < 4.78 is 4.71. The third kappa shape index (κ3) is 3.44. The normalized spacial score (nSPS) is 20.1. The zero-order valence-corrected chi connectivity index (χ0v) is 10.7. The summed E-state index contributed by atoms with van der Waals surface area (Å²) in [6.45, 7) is 0.265. The van der Waals surface area contributed by atoms with E-state index in [4.69, 9.17) is 9.84 Å². The van der Waals surface area contributed by atoms with Crippen molar-refractivity contribution in [3.63, 3.8) is 0 Å². The number of amides is 2. The van der Waals surface area contributed by atoms with Crippen LogP contribution in [0.3, 0.4) is 0 Å². The van der Waals surface area contributed by atoms with E-state index < -0.39 is 12.1 Å². The van der Waals surface area contributed by atoms with Crippen LogP contribution in [0.5, 0.6) is 0 Å². The predicted octanol–water partition coefficient (Wildman–Crippen LogP) is 0.294. The molecule has 0 aromatic heterocycles. The zero-order valence-electron chi connectivity index (χ0n) is 10.7. The van der Waals surface area contributed by atoms with Crippen molar-refractivity contribution >= 4 is 18.0 Å². The van der Waals surface area contributed by atoms with Gasteiger partial charge in [0.1, 0.15) is 6.61 Å². The number of carbonyl (C=O) groups is 3. The van der Waals surface area contributed by atoms with E-state index in [9.17, 15) is 14.4 Å². The van der Waals surface area contributed by atoms with Crippen LogP contribution in [0, 0.1) is 0 Å². The second-order valence-electron chi connectivity index (χ2n) is 4.90. The maximum absolute atomic E-state index is 12.0. The summed E-state index contributed by atoms with van der Waals surface area (Å²) in [4.78, 5) is 36.9. The molecule has 1 heterocycles. The Bertz CT molecular complexity index is 378. The van der Waals surface area contributed by atoms with Crippen LogP contribution in [-0.2, 0) is 14.3 Å². The van der Waals surface area contributed by atoms with Gasteiger partial charge in [-0.2, -0.15) is 0 Å². The lowest BCUT2D eigenvalue weighted by atomic mass is 10.2. The van der Waals surface area contributed by atoms with Crippen LogP contribution < -0.4 is 0 Å². The highest BCUT2D eigenvalue weighted by molar-refractivity contribution is 5.94. The molecule has 1 saturated heterocycles. The van der Waals surface area contributed by atoms with Crippen molar-refractivity contribution < 1.29 is 24.2 Å². The van der Waals surface area contributed by atoms with Gasteiger partial charge >= 0.3 is 12.1 Å². The number of carboxylic acid groups (broad SMARTS) is 1. The molecule has 2 amide bonds. The highest BCUT2D eigenvalue weighted by Gasteiger charge is 2.32. The van der Waals surface area contributed by atoms with Gasteiger partial charge in [0, 0.05) is 6.04 Å². The lowest BCUT2D eigenvalue weighted by Gasteiger charge is -2.27. The first-order chi connectivity index (χ1) is 9.08. The van der Waals surface area contributed by atoms with Crippen LogP contribution in [0.15, 0.2) is 0 Å². The van der Waals surface area contributed by atoms with Gasteiger partial charge < -0.3 is 9.84 Å². The molecule has 1 aliphatic heterocycles. The van der Waals surface area contributed by atoms with Gasteiger partial charge in [-0.15, -0.1) is 0 Å². The first-order valence-electron chi connectivity index (χ1n) is 6.51. The minimum atomic E-state index is -0.955. The highest BCUT2D eigenvalue weighted by atomic mass is 16.6. The number of carbonyl (C=O) groups excluding carboxylic acids is 2. The molecule has 0 aromatic carbocycles. The number of ether oxygens (including phenoxy) is 1. The van der Waals surface area contributed by atoms with Crippen LogP contribution in [-0.4, -0.2) is 65.2 Å². The number of rotatable bonds is 5. The Morgan fingerprint density at radius 3 is 2.53 bits per heavy atom. The molecule has 106 valence electrons. The first kappa shape index (κ1) is 13.8. The Hall–Kier alpha value is -1.63. The SMILES string of the molecule is O=C(O)CN(CC(=O)N1CCOC1=O)C1CCCC1. The largest absolute Gasteiger partial charge is 0.480 e. The second-order valence-corrected chi connectivity index (χ2v) is 4.90. The zero-order chi connectivity index (χ0) is 13.8. The number of nitrogens with zero attached hydrogens (tertiary/aromatic N) is 2. The Balaban J connectivity index is 1.96. The Labute approximate surface area is 111 Å². The molecule has 0 unspecified atom stereocenters. The number of cyclic esters (lactones) is 1. The third-order valence-electron chi connectivity index (χ3n) is 3.58. The second kappa shape index (κ2) is 6.01. The van der Waals surface area contributed by atoms with Gasteiger partial charge in [-0.3, -0.25) is 14.5 Å². The van der Waals surface area contributed by atoms with E-state index in [2.05, 4.69) is 0 Å². The molecule has 2 fully saturated rings. The lowest BCUT2D eigenvalue weighted by molar-refractivity contribution is -0.140. The maximum atomic E-state index is 12.0. The minimum absolute atomic E-state index is 0.0356. The summed E-state index contributed by atoms with van der Waals surface area (Å²) in [5.74, 6) is -1.33. The summed E-state index contributed by atoms with van der Waals surface area (Å²) in [5, 5.41) is 8.92. The number of hydrogen-bond donors (Lipinski definition) is 1. The van der Waals surface area contributed by atoms with Gasteiger partial charge in [0.2, 0.25) is 5.91 Å². The van der Waals surface area contributed by atoms with Crippen molar-refractivity contribution in [2.75, 3.05) is 26.2 Å². The van der Waals surface area contributed by atoms with Gasteiger partial charge in [0.05, 0.1) is 19.6 Å². The first-order valence-corrected chi connectivity index (χ1v) is 6.51. The third-order valence-corrected chi connectivity index (χ3v) is 3.58. The lowest BCUT2D eigenvalue weighted by Crippen LogP contribution is -2.46. The van der Waals surface area contributed by atoms with Crippen molar-refractivity contribution in [2.45, 2.75) is 31.7 Å². The molecule has 0 bridgehead atoms. The van der Waals surface area contributed by atoms with Crippen molar-refractivity contribution in [1.29, 1.82) is 0 Å². The molecule has 7 nitrogen and oxygen atoms in total. The topological polar surface area (TPSA) is 87.2 Å². The summed E-state index contributed by atoms with van der Waals surface area (Å²) in [6, 6.07) is 0.124. The fourth-order valence-corrected chi connectivity index (χ4v) is 2.64. The molecule has 2 aliphatic rings. The molecular formula is C12H18N2O5. The van der Waals surface area contributed by atoms with E-state index in [1.807, 2.05) is 0 Å². The quantitative estimate of drug-likeness (QED) is 0.773. The van der Waals surface area contributed by atoms with E-state index in [-0.39, 0.29) is 38.2 Å². The molecule has 19 heavy (non-hydrogen) atoms. The predicted molar refractivity (Wildman–Crippen MR) is 64.5 cm³/mol. The van der Waals surface area contributed by atoms with Crippen molar-refractivity contribution in [1.82, 2.24) is 9.80 Å². The highest BCUT2D eigenvalue weighted by Crippen LogP contribution is 2.23. The molecule has 0 atom stereocenters. The fraction of sp³-hybridized carbons (Fsp3) is 0.750. The van der Waals surface area contributed by atoms with E-state index in [1.165, 1.54) is 0 Å². The van der Waals surface area contributed by atoms with Crippen LogP contribution in [0.25, 0.3) is 0 Å². The summed E-state index contributed by atoms with van der Waals surface area (Å²) in [6.07, 6.45) is 3.30. The summed E-state index contributed by atoms with van der Waals surface area (Å²) in [7, 11) is 0. The smallest absolute Gasteiger partial charge is 0.416 e. The molecule has 1 saturated carbocycles. The van der Waals surface area contributed by atoms with Crippen LogP contribution in [0.4, 0.5) is 4.79 Å². The Morgan fingerprint density at radius 1 is 1.32 bits per heavy atom. The van der Waals surface area contributed by atoms with Gasteiger partial charge in [0.25, 0.3) is 0 Å². The van der Waals surface area contributed by atoms with Crippen LogP contribution >= 0.6 is 0 Å². The number of carboxylic acids is 1.